The Morgan fingerprint density at radius 2 is 2.14 bits per heavy atom. The fraction of sp³-hybridized carbons (Fsp3) is 0.467. The number of amides is 1. The van der Waals surface area contributed by atoms with Gasteiger partial charge in [-0.2, -0.15) is 4.98 Å². The first kappa shape index (κ1) is 14.6. The Labute approximate surface area is 128 Å². The van der Waals surface area contributed by atoms with Crippen LogP contribution in [0.3, 0.4) is 0 Å². The lowest BCUT2D eigenvalue weighted by atomic mass is 10.2. The van der Waals surface area contributed by atoms with Crippen LogP contribution in [0.4, 0.5) is 0 Å². The highest BCUT2D eigenvalue weighted by Gasteiger charge is 2.19. The van der Waals surface area contributed by atoms with E-state index < -0.39 is 0 Å². The first-order valence-corrected chi connectivity index (χ1v) is 7.41. The third-order valence-electron chi connectivity index (χ3n) is 3.80. The predicted molar refractivity (Wildman–Crippen MR) is 79.9 cm³/mol. The van der Waals surface area contributed by atoms with Crippen LogP contribution in [-0.4, -0.2) is 64.1 Å². The van der Waals surface area contributed by atoms with Gasteiger partial charge in [-0.3, -0.25) is 9.78 Å². The molecule has 1 saturated heterocycles. The van der Waals surface area contributed by atoms with Crippen LogP contribution in [0.1, 0.15) is 12.3 Å². The van der Waals surface area contributed by atoms with Gasteiger partial charge in [0.1, 0.15) is 0 Å². The summed E-state index contributed by atoms with van der Waals surface area (Å²) in [4.78, 5) is 24.6. The zero-order valence-electron chi connectivity index (χ0n) is 12.6. The maximum absolute atomic E-state index is 12.2. The monoisotopic (exact) mass is 301 g/mol. The minimum Gasteiger partial charge on any atom is -0.340 e. The van der Waals surface area contributed by atoms with Crippen molar-refractivity contribution in [3.05, 3.63) is 30.4 Å². The summed E-state index contributed by atoms with van der Waals surface area (Å²) < 4.78 is 5.21. The van der Waals surface area contributed by atoms with Gasteiger partial charge in [-0.25, -0.2) is 0 Å². The third-order valence-corrected chi connectivity index (χ3v) is 3.80. The van der Waals surface area contributed by atoms with Crippen molar-refractivity contribution in [1.82, 2.24) is 24.9 Å². The molecule has 2 aromatic rings. The summed E-state index contributed by atoms with van der Waals surface area (Å²) in [6, 6.07) is 3.69. The molecule has 1 aliphatic rings. The lowest BCUT2D eigenvalue weighted by Crippen LogP contribution is -2.47. The smallest absolute Gasteiger partial charge is 0.227 e. The van der Waals surface area contributed by atoms with Crippen molar-refractivity contribution in [1.29, 1.82) is 0 Å². The molecule has 1 fully saturated rings. The Hall–Kier alpha value is -2.28. The highest BCUT2D eigenvalue weighted by molar-refractivity contribution is 5.76. The number of rotatable bonds is 4. The van der Waals surface area contributed by atoms with Gasteiger partial charge in [-0.15, -0.1) is 0 Å². The van der Waals surface area contributed by atoms with Crippen molar-refractivity contribution in [3.8, 4) is 11.4 Å². The normalized spacial score (nSPS) is 16.0. The summed E-state index contributed by atoms with van der Waals surface area (Å²) in [6.45, 7) is 3.44. The topological polar surface area (TPSA) is 75.4 Å². The number of carbonyl (C=O) groups is 1. The number of likely N-dealkylation sites (N-methyl/N-ethyl adjacent to an activating group) is 1. The molecule has 7 heteroatoms. The first-order valence-electron chi connectivity index (χ1n) is 7.41. The van der Waals surface area contributed by atoms with E-state index in [2.05, 4.69) is 27.1 Å². The van der Waals surface area contributed by atoms with E-state index >= 15 is 0 Å². The number of hydrogen-bond acceptors (Lipinski definition) is 6. The third kappa shape index (κ3) is 3.48. The molecular weight excluding hydrogens is 282 g/mol. The molecule has 2 aromatic heterocycles. The lowest BCUT2D eigenvalue weighted by molar-refractivity contribution is -0.132. The highest BCUT2D eigenvalue weighted by Crippen LogP contribution is 2.14. The number of carbonyl (C=O) groups excluding carboxylic acids is 1. The molecule has 0 radical (unpaired) electrons. The molecule has 1 aliphatic heterocycles. The Kier molecular flexibility index (Phi) is 4.43. The largest absolute Gasteiger partial charge is 0.340 e. The number of aryl methyl sites for hydroxylation is 1. The van der Waals surface area contributed by atoms with Crippen molar-refractivity contribution in [2.45, 2.75) is 12.8 Å². The van der Waals surface area contributed by atoms with Crippen molar-refractivity contribution in [2.24, 2.45) is 0 Å². The lowest BCUT2D eigenvalue weighted by Gasteiger charge is -2.32. The van der Waals surface area contributed by atoms with E-state index in [9.17, 15) is 4.79 Å². The molecule has 3 heterocycles. The Morgan fingerprint density at radius 3 is 2.86 bits per heavy atom. The van der Waals surface area contributed by atoms with Crippen LogP contribution in [0.25, 0.3) is 11.4 Å². The fourth-order valence-corrected chi connectivity index (χ4v) is 2.40. The van der Waals surface area contributed by atoms with Crippen molar-refractivity contribution in [3.63, 3.8) is 0 Å². The molecule has 0 bridgehead atoms. The van der Waals surface area contributed by atoms with Gasteiger partial charge in [-0.05, 0) is 19.2 Å². The number of pyridine rings is 1. The van der Waals surface area contributed by atoms with Crippen LogP contribution in [-0.2, 0) is 11.2 Å². The minimum atomic E-state index is 0.147. The molecule has 0 spiro atoms. The van der Waals surface area contributed by atoms with Gasteiger partial charge in [0, 0.05) is 57.0 Å². The van der Waals surface area contributed by atoms with Gasteiger partial charge >= 0.3 is 0 Å². The van der Waals surface area contributed by atoms with Gasteiger partial charge in [0.05, 0.1) is 0 Å². The van der Waals surface area contributed by atoms with E-state index in [-0.39, 0.29) is 5.91 Å². The maximum atomic E-state index is 12.2. The SMILES string of the molecule is CN1CCN(C(=O)CCc2nc(-c3cccnc3)no2)CC1. The molecule has 116 valence electrons. The van der Waals surface area contributed by atoms with Crippen molar-refractivity contribution < 1.29 is 9.32 Å². The van der Waals surface area contributed by atoms with Crippen LogP contribution in [0.5, 0.6) is 0 Å². The van der Waals surface area contributed by atoms with E-state index in [1.165, 1.54) is 0 Å². The molecular formula is C15H19N5O2. The van der Waals surface area contributed by atoms with E-state index in [1.54, 1.807) is 12.4 Å². The molecule has 3 rings (SSSR count). The average molecular weight is 301 g/mol. The van der Waals surface area contributed by atoms with Gasteiger partial charge < -0.3 is 14.3 Å². The number of piperazine rings is 1. The summed E-state index contributed by atoms with van der Waals surface area (Å²) in [5.74, 6) is 1.14. The van der Waals surface area contributed by atoms with E-state index in [4.69, 9.17) is 4.52 Å². The molecule has 0 N–H and O–H groups in total. The zero-order valence-corrected chi connectivity index (χ0v) is 12.6. The summed E-state index contributed by atoms with van der Waals surface area (Å²) in [5, 5.41) is 3.93. The zero-order chi connectivity index (χ0) is 15.4. The Bertz CT molecular complexity index is 620. The second-order valence-electron chi connectivity index (χ2n) is 5.44. The van der Waals surface area contributed by atoms with E-state index in [1.807, 2.05) is 17.0 Å². The molecule has 0 atom stereocenters. The summed E-state index contributed by atoms with van der Waals surface area (Å²) in [7, 11) is 2.07. The molecule has 0 aromatic carbocycles. The Morgan fingerprint density at radius 1 is 1.32 bits per heavy atom. The molecule has 22 heavy (non-hydrogen) atoms. The summed E-state index contributed by atoms with van der Waals surface area (Å²) in [6.07, 6.45) is 4.25. The van der Waals surface area contributed by atoms with E-state index in [0.717, 1.165) is 31.7 Å². The summed E-state index contributed by atoms with van der Waals surface area (Å²) >= 11 is 0. The highest BCUT2D eigenvalue weighted by atomic mass is 16.5. The van der Waals surface area contributed by atoms with Gasteiger partial charge in [0.2, 0.25) is 17.6 Å². The average Bonchev–Trinajstić information content (AvgIpc) is 3.03. The number of hydrogen-bond donors (Lipinski definition) is 0. The number of nitrogens with zero attached hydrogens (tertiary/aromatic N) is 5. The van der Waals surface area contributed by atoms with Crippen LogP contribution >= 0.6 is 0 Å². The summed E-state index contributed by atoms with van der Waals surface area (Å²) in [5.41, 5.74) is 0.808. The predicted octanol–water partition coefficient (Wildman–Crippen LogP) is 0.838. The molecule has 0 saturated carbocycles. The van der Waals surface area contributed by atoms with Gasteiger partial charge in [0.25, 0.3) is 0 Å². The van der Waals surface area contributed by atoms with Gasteiger partial charge in [0.15, 0.2) is 0 Å². The minimum absolute atomic E-state index is 0.147. The van der Waals surface area contributed by atoms with E-state index in [0.29, 0.717) is 24.6 Å². The van der Waals surface area contributed by atoms with Gasteiger partial charge in [-0.1, -0.05) is 5.16 Å². The fourth-order valence-electron chi connectivity index (χ4n) is 2.40. The van der Waals surface area contributed by atoms with Crippen molar-refractivity contribution in [2.75, 3.05) is 33.2 Å². The second kappa shape index (κ2) is 6.65. The quantitative estimate of drug-likeness (QED) is 0.833. The molecule has 7 nitrogen and oxygen atoms in total. The number of aromatic nitrogens is 3. The standard InChI is InChI=1S/C15H19N5O2/c1-19-7-9-20(10-8-19)14(21)5-4-13-17-15(18-22-13)12-3-2-6-16-11-12/h2-3,6,11H,4-5,7-10H2,1H3. The van der Waals surface area contributed by atoms with Crippen LogP contribution in [0.15, 0.2) is 29.0 Å². The molecule has 0 aliphatic carbocycles. The Balaban J connectivity index is 1.54. The second-order valence-corrected chi connectivity index (χ2v) is 5.44. The molecule has 1 amide bonds. The maximum Gasteiger partial charge on any atom is 0.227 e. The van der Waals surface area contributed by atoms with Crippen LogP contribution < -0.4 is 0 Å². The van der Waals surface area contributed by atoms with Crippen LogP contribution in [0.2, 0.25) is 0 Å². The van der Waals surface area contributed by atoms with Crippen LogP contribution in [0, 0.1) is 0 Å². The first-order chi connectivity index (χ1) is 10.7. The molecule has 0 unspecified atom stereocenters. The van der Waals surface area contributed by atoms with Crippen molar-refractivity contribution >= 4 is 5.91 Å².